The zero-order valence-electron chi connectivity index (χ0n) is 15.0. The molecule has 0 radical (unpaired) electrons. The van der Waals surface area contributed by atoms with Gasteiger partial charge in [-0.1, -0.05) is 18.2 Å². The molecule has 6 heteroatoms. The van der Waals surface area contributed by atoms with Crippen LogP contribution in [0.25, 0.3) is 5.69 Å². The molecule has 1 saturated heterocycles. The van der Waals surface area contributed by atoms with Gasteiger partial charge in [0.1, 0.15) is 0 Å². The van der Waals surface area contributed by atoms with Crippen LogP contribution in [0.5, 0.6) is 0 Å². The highest BCUT2D eigenvalue weighted by atomic mass is 16.5. The first kappa shape index (κ1) is 17.4. The predicted octanol–water partition coefficient (Wildman–Crippen LogP) is 2.31. The summed E-state index contributed by atoms with van der Waals surface area (Å²) in [5.41, 5.74) is 2.49. The molecule has 2 heterocycles. The van der Waals surface area contributed by atoms with Crippen LogP contribution in [0.4, 0.5) is 0 Å². The van der Waals surface area contributed by atoms with Crippen molar-refractivity contribution in [3.05, 3.63) is 47.3 Å². The minimum atomic E-state index is -0.502. The fraction of sp³-hybridized carbons (Fsp3) is 0.421. The minimum Gasteiger partial charge on any atom is -0.375 e. The Morgan fingerprint density at radius 2 is 1.84 bits per heavy atom. The topological polar surface area (TPSA) is 64.4 Å². The number of carbonyl (C=O) groups excluding carboxylic acids is 2. The van der Waals surface area contributed by atoms with E-state index in [9.17, 15) is 9.59 Å². The molecule has 0 spiro atoms. The average Bonchev–Trinajstić information content (AvgIpc) is 2.91. The van der Waals surface area contributed by atoms with Crippen molar-refractivity contribution < 1.29 is 14.3 Å². The van der Waals surface area contributed by atoms with E-state index in [0.717, 1.165) is 5.69 Å². The molecule has 132 valence electrons. The number of carbonyl (C=O) groups is 2. The summed E-state index contributed by atoms with van der Waals surface area (Å²) in [6.45, 7) is 8.25. The van der Waals surface area contributed by atoms with Crippen molar-refractivity contribution in [2.75, 3.05) is 13.2 Å². The van der Waals surface area contributed by atoms with Crippen molar-refractivity contribution in [1.82, 2.24) is 14.7 Å². The number of hydrogen-bond donors (Lipinski definition) is 0. The molecule has 1 aliphatic rings. The van der Waals surface area contributed by atoms with Crippen molar-refractivity contribution in [3.8, 4) is 5.69 Å². The lowest BCUT2D eigenvalue weighted by molar-refractivity contribution is -0.138. The molecule has 25 heavy (non-hydrogen) atoms. The molecule has 1 aromatic heterocycles. The number of amides is 1. The largest absolute Gasteiger partial charge is 0.375 e. The quantitative estimate of drug-likeness (QED) is 0.635. The number of Topliss-reactive ketones (excluding diaryl/α,β-unsaturated/α-hetero) is 1. The first-order chi connectivity index (χ1) is 11.9. The van der Waals surface area contributed by atoms with Crippen LogP contribution in [-0.4, -0.2) is 51.7 Å². The number of ether oxygens (including phenoxy) is 1. The summed E-state index contributed by atoms with van der Waals surface area (Å²) in [6, 6.07) is 9.47. The number of hydrogen-bond acceptors (Lipinski definition) is 4. The number of nitrogens with zero attached hydrogens (tertiary/aromatic N) is 3. The molecule has 3 rings (SSSR count). The van der Waals surface area contributed by atoms with E-state index in [1.54, 1.807) is 16.5 Å². The second kappa shape index (κ2) is 6.80. The summed E-state index contributed by atoms with van der Waals surface area (Å²) < 4.78 is 7.25. The summed E-state index contributed by atoms with van der Waals surface area (Å²) in [7, 11) is 0. The molecule has 0 N–H and O–H groups in total. The Morgan fingerprint density at radius 3 is 2.52 bits per heavy atom. The Hall–Kier alpha value is -2.47. The second-order valence-corrected chi connectivity index (χ2v) is 6.57. The number of aromatic nitrogens is 2. The standard InChI is InChI=1S/C19H23N3O3/c1-12-11-25-13(2)10-21(12)19(24)18(23)17-14(3)20-22(15(17)4)16-8-6-5-7-9-16/h5-9,12-13H,10-11H2,1-4H3/t12-,13-/m1/s1. The Labute approximate surface area is 147 Å². The summed E-state index contributed by atoms with van der Waals surface area (Å²) in [5, 5.41) is 4.46. The maximum absolute atomic E-state index is 12.9. The molecular formula is C19H23N3O3. The van der Waals surface area contributed by atoms with E-state index < -0.39 is 11.7 Å². The van der Waals surface area contributed by atoms with Gasteiger partial charge in [-0.05, 0) is 39.8 Å². The van der Waals surface area contributed by atoms with Crippen LogP contribution in [0.15, 0.2) is 30.3 Å². The molecule has 2 atom stereocenters. The molecule has 0 bridgehead atoms. The lowest BCUT2D eigenvalue weighted by atomic mass is 10.1. The number of aryl methyl sites for hydroxylation is 1. The van der Waals surface area contributed by atoms with Gasteiger partial charge in [-0.3, -0.25) is 9.59 Å². The van der Waals surface area contributed by atoms with E-state index in [1.807, 2.05) is 51.1 Å². The third-order valence-electron chi connectivity index (χ3n) is 4.58. The molecule has 0 unspecified atom stereocenters. The Bertz CT molecular complexity index is 798. The number of rotatable bonds is 3. The number of para-hydroxylation sites is 1. The molecule has 1 fully saturated rings. The number of benzene rings is 1. The van der Waals surface area contributed by atoms with Crippen LogP contribution < -0.4 is 0 Å². The molecule has 1 aliphatic heterocycles. The van der Waals surface area contributed by atoms with Gasteiger partial charge < -0.3 is 9.64 Å². The maximum atomic E-state index is 12.9. The van der Waals surface area contributed by atoms with E-state index in [1.165, 1.54) is 0 Å². The highest BCUT2D eigenvalue weighted by Crippen LogP contribution is 2.20. The van der Waals surface area contributed by atoms with E-state index in [4.69, 9.17) is 4.74 Å². The lowest BCUT2D eigenvalue weighted by Crippen LogP contribution is -2.52. The lowest BCUT2D eigenvalue weighted by Gasteiger charge is -2.36. The van der Waals surface area contributed by atoms with Crippen molar-refractivity contribution in [2.24, 2.45) is 0 Å². The third kappa shape index (κ3) is 3.22. The maximum Gasteiger partial charge on any atom is 0.295 e. The van der Waals surface area contributed by atoms with E-state index in [2.05, 4.69) is 5.10 Å². The smallest absolute Gasteiger partial charge is 0.295 e. The highest BCUT2D eigenvalue weighted by molar-refractivity contribution is 6.43. The van der Waals surface area contributed by atoms with Gasteiger partial charge in [0.2, 0.25) is 0 Å². The van der Waals surface area contributed by atoms with Gasteiger partial charge in [0, 0.05) is 6.54 Å². The fourth-order valence-electron chi connectivity index (χ4n) is 3.22. The van der Waals surface area contributed by atoms with Crippen molar-refractivity contribution >= 4 is 11.7 Å². The van der Waals surface area contributed by atoms with Crippen molar-refractivity contribution in [1.29, 1.82) is 0 Å². The van der Waals surface area contributed by atoms with E-state index in [0.29, 0.717) is 30.1 Å². The SMILES string of the molecule is Cc1nn(-c2ccccc2)c(C)c1C(=O)C(=O)N1C[C@@H](C)OC[C@H]1C. The second-order valence-electron chi connectivity index (χ2n) is 6.57. The van der Waals surface area contributed by atoms with Crippen LogP contribution in [0.3, 0.4) is 0 Å². The Morgan fingerprint density at radius 1 is 1.16 bits per heavy atom. The van der Waals surface area contributed by atoms with Crippen molar-refractivity contribution in [3.63, 3.8) is 0 Å². The summed E-state index contributed by atoms with van der Waals surface area (Å²) in [5.74, 6) is -0.986. The molecule has 1 aromatic carbocycles. The van der Waals surface area contributed by atoms with Gasteiger partial charge in [-0.25, -0.2) is 4.68 Å². The minimum absolute atomic E-state index is 0.0674. The zero-order valence-corrected chi connectivity index (χ0v) is 15.0. The fourth-order valence-corrected chi connectivity index (χ4v) is 3.22. The van der Waals surface area contributed by atoms with Crippen LogP contribution in [0.2, 0.25) is 0 Å². The van der Waals surface area contributed by atoms with Crippen LogP contribution in [-0.2, 0) is 9.53 Å². The Balaban J connectivity index is 1.92. The van der Waals surface area contributed by atoms with Gasteiger partial charge in [-0.2, -0.15) is 5.10 Å². The van der Waals surface area contributed by atoms with Gasteiger partial charge in [0.15, 0.2) is 0 Å². The summed E-state index contributed by atoms with van der Waals surface area (Å²) in [6.07, 6.45) is -0.0674. The number of morpholine rings is 1. The van der Waals surface area contributed by atoms with Crippen molar-refractivity contribution in [2.45, 2.75) is 39.8 Å². The first-order valence-corrected chi connectivity index (χ1v) is 8.48. The molecule has 0 aliphatic carbocycles. The molecule has 2 aromatic rings. The van der Waals surface area contributed by atoms with Crippen LogP contribution >= 0.6 is 0 Å². The van der Waals surface area contributed by atoms with Gasteiger partial charge in [0.25, 0.3) is 11.7 Å². The zero-order chi connectivity index (χ0) is 18.1. The van der Waals surface area contributed by atoms with E-state index >= 15 is 0 Å². The highest BCUT2D eigenvalue weighted by Gasteiger charge is 2.34. The number of ketones is 1. The molecule has 0 saturated carbocycles. The Kier molecular flexibility index (Phi) is 4.72. The monoisotopic (exact) mass is 341 g/mol. The van der Waals surface area contributed by atoms with Gasteiger partial charge in [0.05, 0.1) is 41.4 Å². The van der Waals surface area contributed by atoms with Gasteiger partial charge >= 0.3 is 0 Å². The van der Waals surface area contributed by atoms with Gasteiger partial charge in [-0.15, -0.1) is 0 Å². The van der Waals surface area contributed by atoms with E-state index in [-0.39, 0.29) is 12.1 Å². The first-order valence-electron chi connectivity index (χ1n) is 8.48. The average molecular weight is 341 g/mol. The predicted molar refractivity (Wildman–Crippen MR) is 94.0 cm³/mol. The summed E-state index contributed by atoms with van der Waals surface area (Å²) >= 11 is 0. The summed E-state index contributed by atoms with van der Waals surface area (Å²) in [4.78, 5) is 27.3. The normalized spacial score (nSPS) is 20.6. The molecule has 6 nitrogen and oxygen atoms in total. The molecule has 1 amide bonds. The third-order valence-corrected chi connectivity index (χ3v) is 4.58. The van der Waals surface area contributed by atoms with Crippen LogP contribution in [0, 0.1) is 13.8 Å². The van der Waals surface area contributed by atoms with Crippen LogP contribution in [0.1, 0.15) is 35.6 Å². The molecular weight excluding hydrogens is 318 g/mol.